The summed E-state index contributed by atoms with van der Waals surface area (Å²) in [5.41, 5.74) is 6.60. The van der Waals surface area contributed by atoms with E-state index >= 15 is 0 Å². The van der Waals surface area contributed by atoms with Crippen molar-refractivity contribution < 1.29 is 0 Å². The van der Waals surface area contributed by atoms with Crippen molar-refractivity contribution in [1.29, 1.82) is 0 Å². The van der Waals surface area contributed by atoms with E-state index in [0.29, 0.717) is 23.9 Å². The maximum Gasteiger partial charge on any atom is 0.0146 e. The van der Waals surface area contributed by atoms with Crippen molar-refractivity contribution in [3.8, 4) is 0 Å². The van der Waals surface area contributed by atoms with Crippen molar-refractivity contribution >= 4 is 0 Å². The minimum atomic E-state index is 0.395. The molecule has 2 nitrogen and oxygen atoms in total. The van der Waals surface area contributed by atoms with Crippen molar-refractivity contribution in [3.05, 3.63) is 0 Å². The second-order valence-electron chi connectivity index (χ2n) is 11.0. The van der Waals surface area contributed by atoms with Gasteiger partial charge in [0, 0.05) is 12.1 Å². The van der Waals surface area contributed by atoms with Crippen LogP contribution >= 0.6 is 0 Å². The Balaban J connectivity index is 2.66. The molecule has 2 N–H and O–H groups in total. The fourth-order valence-electron chi connectivity index (χ4n) is 5.77. The molecule has 0 aromatic heterocycles. The van der Waals surface area contributed by atoms with Crippen LogP contribution in [-0.4, -0.2) is 30.6 Å². The van der Waals surface area contributed by atoms with Gasteiger partial charge in [-0.05, 0) is 87.1 Å². The average molecular weight is 381 g/mol. The van der Waals surface area contributed by atoms with Gasteiger partial charge in [0.15, 0.2) is 0 Å². The molecule has 1 saturated carbocycles. The van der Waals surface area contributed by atoms with Gasteiger partial charge in [-0.2, -0.15) is 0 Å². The second-order valence-corrected chi connectivity index (χ2v) is 11.0. The highest BCUT2D eigenvalue weighted by atomic mass is 15.1. The summed E-state index contributed by atoms with van der Waals surface area (Å²) in [4.78, 5) is 2.70. The zero-order chi connectivity index (χ0) is 20.7. The highest BCUT2D eigenvalue weighted by Crippen LogP contribution is 2.43. The third kappa shape index (κ3) is 8.05. The van der Waals surface area contributed by atoms with Crippen LogP contribution in [-0.2, 0) is 0 Å². The van der Waals surface area contributed by atoms with Crippen LogP contribution in [0.2, 0.25) is 0 Å². The summed E-state index contributed by atoms with van der Waals surface area (Å²) in [5, 5.41) is 0. The van der Waals surface area contributed by atoms with E-state index in [0.717, 1.165) is 29.6 Å². The monoisotopic (exact) mass is 380 g/mol. The predicted molar refractivity (Wildman–Crippen MR) is 122 cm³/mol. The Morgan fingerprint density at radius 3 is 2.11 bits per heavy atom. The first kappa shape index (κ1) is 25.0. The van der Waals surface area contributed by atoms with Crippen molar-refractivity contribution in [3.63, 3.8) is 0 Å². The lowest BCUT2D eigenvalue weighted by Crippen LogP contribution is -2.44. The molecule has 7 unspecified atom stereocenters. The molecule has 0 bridgehead atoms. The van der Waals surface area contributed by atoms with E-state index in [1.54, 1.807) is 0 Å². The van der Waals surface area contributed by atoms with Gasteiger partial charge in [-0.3, -0.25) is 0 Å². The van der Waals surface area contributed by atoms with Crippen LogP contribution in [0.1, 0.15) is 93.9 Å². The van der Waals surface area contributed by atoms with E-state index < -0.39 is 0 Å². The van der Waals surface area contributed by atoms with Crippen LogP contribution in [0.15, 0.2) is 0 Å². The van der Waals surface area contributed by atoms with Crippen molar-refractivity contribution in [2.24, 2.45) is 47.2 Å². The number of nitrogens with two attached hydrogens (primary N) is 1. The van der Waals surface area contributed by atoms with Gasteiger partial charge in [0.1, 0.15) is 0 Å². The lowest BCUT2D eigenvalue weighted by Gasteiger charge is -2.38. The summed E-state index contributed by atoms with van der Waals surface area (Å²) in [7, 11) is 2.38. The maximum atomic E-state index is 6.60. The summed E-state index contributed by atoms with van der Waals surface area (Å²) in [5.74, 6) is 5.47. The SMILES string of the molecule is CCC(C)CC(C)CCN(C)C(C(C)C)C1CC(C(N)CC(C)C)CC1C. The summed E-state index contributed by atoms with van der Waals surface area (Å²) < 4.78 is 0. The molecule has 27 heavy (non-hydrogen) atoms. The fourth-order valence-corrected chi connectivity index (χ4v) is 5.77. The van der Waals surface area contributed by atoms with Crippen LogP contribution in [0, 0.1) is 41.4 Å². The molecular formula is C25H52N2. The molecule has 1 aliphatic rings. The molecule has 0 amide bonds. The third-order valence-electron chi connectivity index (χ3n) is 7.44. The first-order chi connectivity index (χ1) is 12.6. The van der Waals surface area contributed by atoms with Crippen LogP contribution in [0.25, 0.3) is 0 Å². The Kier molecular flexibility index (Phi) is 10.9. The molecule has 0 aromatic rings. The quantitative estimate of drug-likeness (QED) is 0.422. The van der Waals surface area contributed by atoms with Crippen LogP contribution < -0.4 is 5.73 Å². The van der Waals surface area contributed by atoms with E-state index in [1.165, 1.54) is 45.1 Å². The minimum absolute atomic E-state index is 0.395. The van der Waals surface area contributed by atoms with Gasteiger partial charge in [-0.15, -0.1) is 0 Å². The number of nitrogens with zero attached hydrogens (tertiary/aromatic N) is 1. The van der Waals surface area contributed by atoms with Crippen molar-refractivity contribution in [2.75, 3.05) is 13.6 Å². The lowest BCUT2D eigenvalue weighted by molar-refractivity contribution is 0.102. The van der Waals surface area contributed by atoms with Crippen molar-refractivity contribution in [2.45, 2.75) is 106 Å². The Labute approximate surface area is 172 Å². The number of rotatable bonds is 12. The van der Waals surface area contributed by atoms with Gasteiger partial charge in [-0.1, -0.05) is 61.8 Å². The molecule has 7 atom stereocenters. The van der Waals surface area contributed by atoms with E-state index in [1.807, 2.05) is 0 Å². The van der Waals surface area contributed by atoms with Crippen LogP contribution in [0.4, 0.5) is 0 Å². The zero-order valence-electron chi connectivity index (χ0n) is 20.2. The molecule has 162 valence electrons. The second kappa shape index (κ2) is 11.8. The van der Waals surface area contributed by atoms with E-state index in [2.05, 4.69) is 67.3 Å². The Bertz CT molecular complexity index is 392. The van der Waals surface area contributed by atoms with Gasteiger partial charge in [0.05, 0.1) is 0 Å². The number of hydrogen-bond donors (Lipinski definition) is 1. The smallest absolute Gasteiger partial charge is 0.0146 e. The topological polar surface area (TPSA) is 29.3 Å². The van der Waals surface area contributed by atoms with E-state index in [9.17, 15) is 0 Å². The zero-order valence-corrected chi connectivity index (χ0v) is 20.2. The Morgan fingerprint density at radius 2 is 1.59 bits per heavy atom. The molecule has 1 aliphatic carbocycles. The molecule has 0 aromatic carbocycles. The molecule has 2 heteroatoms. The molecular weight excluding hydrogens is 328 g/mol. The van der Waals surface area contributed by atoms with Gasteiger partial charge >= 0.3 is 0 Å². The maximum absolute atomic E-state index is 6.60. The van der Waals surface area contributed by atoms with Crippen LogP contribution in [0.5, 0.6) is 0 Å². The standard InChI is InChI=1S/C25H52N2/c1-10-19(6)14-20(7)11-12-27(9)25(18(4)5)23-16-22(15-21(23)8)24(26)13-17(2)3/h17-25H,10-16,26H2,1-9H3. The highest BCUT2D eigenvalue weighted by Gasteiger charge is 2.41. The predicted octanol–water partition coefficient (Wildman–Crippen LogP) is 6.44. The lowest BCUT2D eigenvalue weighted by atomic mass is 9.82. The normalized spacial score (nSPS) is 28.1. The first-order valence-corrected chi connectivity index (χ1v) is 12.0. The molecule has 0 heterocycles. The summed E-state index contributed by atoms with van der Waals surface area (Å²) in [6, 6.07) is 1.10. The number of hydrogen-bond acceptors (Lipinski definition) is 2. The van der Waals surface area contributed by atoms with E-state index in [4.69, 9.17) is 5.73 Å². The van der Waals surface area contributed by atoms with Gasteiger partial charge in [0.2, 0.25) is 0 Å². The Hall–Kier alpha value is -0.0800. The Morgan fingerprint density at radius 1 is 0.963 bits per heavy atom. The molecule has 1 fully saturated rings. The molecule has 0 aliphatic heterocycles. The fraction of sp³-hybridized carbons (Fsp3) is 1.00. The van der Waals surface area contributed by atoms with Gasteiger partial charge < -0.3 is 10.6 Å². The third-order valence-corrected chi connectivity index (χ3v) is 7.44. The average Bonchev–Trinajstić information content (AvgIpc) is 2.93. The van der Waals surface area contributed by atoms with Gasteiger partial charge in [-0.25, -0.2) is 0 Å². The summed E-state index contributed by atoms with van der Waals surface area (Å²) in [6.45, 7) is 20.4. The first-order valence-electron chi connectivity index (χ1n) is 12.0. The summed E-state index contributed by atoms with van der Waals surface area (Å²) in [6.07, 6.45) is 7.88. The van der Waals surface area contributed by atoms with Crippen molar-refractivity contribution in [1.82, 2.24) is 4.90 Å². The summed E-state index contributed by atoms with van der Waals surface area (Å²) >= 11 is 0. The largest absolute Gasteiger partial charge is 0.327 e. The molecule has 0 saturated heterocycles. The highest BCUT2D eigenvalue weighted by molar-refractivity contribution is 4.94. The minimum Gasteiger partial charge on any atom is -0.327 e. The molecule has 0 spiro atoms. The van der Waals surface area contributed by atoms with Gasteiger partial charge in [0.25, 0.3) is 0 Å². The molecule has 1 rings (SSSR count). The van der Waals surface area contributed by atoms with E-state index in [-0.39, 0.29) is 0 Å². The molecule has 0 radical (unpaired) electrons. The van der Waals surface area contributed by atoms with Crippen LogP contribution in [0.3, 0.4) is 0 Å².